The summed E-state index contributed by atoms with van der Waals surface area (Å²) in [4.78, 5) is 12.4. The van der Waals surface area contributed by atoms with Crippen LogP contribution in [0.5, 0.6) is 5.75 Å². The van der Waals surface area contributed by atoms with Gasteiger partial charge >= 0.3 is 0 Å². The lowest BCUT2D eigenvalue weighted by atomic mass is 9.77. The lowest BCUT2D eigenvalue weighted by molar-refractivity contribution is -0.0770. The van der Waals surface area contributed by atoms with Crippen molar-refractivity contribution < 1.29 is 18.7 Å². The van der Waals surface area contributed by atoms with Gasteiger partial charge in [-0.1, -0.05) is 0 Å². The number of rotatable bonds is 0. The average Bonchev–Trinajstić information content (AvgIpc) is 2.32. The van der Waals surface area contributed by atoms with Crippen molar-refractivity contribution in [2.24, 2.45) is 5.92 Å². The number of ether oxygens (including phenoxy) is 2. The summed E-state index contributed by atoms with van der Waals surface area (Å²) < 4.78 is 25.0. The lowest BCUT2D eigenvalue weighted by Crippen LogP contribution is -2.53. The van der Waals surface area contributed by atoms with E-state index in [1.165, 1.54) is 12.1 Å². The van der Waals surface area contributed by atoms with Gasteiger partial charge in [-0.05, 0) is 28.9 Å². The Morgan fingerprint density at radius 1 is 1.50 bits per heavy atom. The number of carbonyl (C=O) groups is 1. The Morgan fingerprint density at radius 3 is 3.06 bits per heavy atom. The van der Waals surface area contributed by atoms with Gasteiger partial charge in [-0.2, -0.15) is 0 Å². The van der Waals surface area contributed by atoms with Crippen molar-refractivity contribution in [2.45, 2.75) is 18.9 Å². The molecule has 0 spiro atoms. The minimum Gasteiger partial charge on any atom is -0.486 e. The second-order valence-corrected chi connectivity index (χ2v) is 5.77. The number of fused-ring (bicyclic) bond motifs is 2. The maximum atomic E-state index is 13.5. The first kappa shape index (κ1) is 12.1. The first-order chi connectivity index (χ1) is 8.51. The molecule has 0 aromatic heterocycles. The van der Waals surface area contributed by atoms with Gasteiger partial charge in [0.2, 0.25) is 0 Å². The molecule has 0 N–H and O–H groups in total. The predicted molar refractivity (Wildman–Crippen MR) is 66.4 cm³/mol. The van der Waals surface area contributed by atoms with E-state index in [-0.39, 0.29) is 16.2 Å². The molecule has 2 atom stereocenters. The van der Waals surface area contributed by atoms with E-state index in [4.69, 9.17) is 9.47 Å². The van der Waals surface area contributed by atoms with E-state index in [1.807, 2.05) is 6.92 Å². The largest absolute Gasteiger partial charge is 0.486 e. The molecule has 1 unspecified atom stereocenters. The molecule has 2 heterocycles. The Kier molecular flexibility index (Phi) is 2.71. The maximum Gasteiger partial charge on any atom is 0.176 e. The van der Waals surface area contributed by atoms with Gasteiger partial charge in [-0.25, -0.2) is 4.39 Å². The molecule has 0 aliphatic carbocycles. The molecule has 3 rings (SSSR count). The summed E-state index contributed by atoms with van der Waals surface area (Å²) in [5.74, 6) is -0.424. The summed E-state index contributed by atoms with van der Waals surface area (Å²) in [6, 6.07) is 2.76. The van der Waals surface area contributed by atoms with Crippen LogP contribution < -0.4 is 4.74 Å². The molecule has 1 fully saturated rings. The second kappa shape index (κ2) is 4.03. The Hall–Kier alpha value is -0.940. The molecular weight excluding hydrogens is 303 g/mol. The normalized spacial score (nSPS) is 30.4. The van der Waals surface area contributed by atoms with E-state index in [9.17, 15) is 9.18 Å². The fourth-order valence-corrected chi connectivity index (χ4v) is 2.89. The van der Waals surface area contributed by atoms with Crippen LogP contribution in [-0.4, -0.2) is 24.6 Å². The van der Waals surface area contributed by atoms with E-state index >= 15 is 0 Å². The average molecular weight is 315 g/mol. The van der Waals surface area contributed by atoms with Gasteiger partial charge in [0.25, 0.3) is 0 Å². The summed E-state index contributed by atoms with van der Waals surface area (Å²) >= 11 is 3.09. The summed E-state index contributed by atoms with van der Waals surface area (Å²) in [6.45, 7) is 2.82. The first-order valence-corrected chi connectivity index (χ1v) is 6.60. The molecule has 1 aromatic rings. The molecule has 96 valence electrons. The van der Waals surface area contributed by atoms with Gasteiger partial charge in [0, 0.05) is 12.5 Å². The monoisotopic (exact) mass is 314 g/mol. The van der Waals surface area contributed by atoms with Gasteiger partial charge in [-0.15, -0.1) is 0 Å². The molecule has 0 radical (unpaired) electrons. The lowest BCUT2D eigenvalue weighted by Gasteiger charge is -2.44. The third-order valence-corrected chi connectivity index (χ3v) is 4.32. The molecule has 1 aromatic carbocycles. The van der Waals surface area contributed by atoms with Crippen molar-refractivity contribution in [1.82, 2.24) is 0 Å². The highest BCUT2D eigenvalue weighted by Crippen LogP contribution is 2.42. The van der Waals surface area contributed by atoms with Crippen LogP contribution in [0.25, 0.3) is 0 Å². The van der Waals surface area contributed by atoms with Crippen LogP contribution in [0.1, 0.15) is 23.7 Å². The molecule has 0 amide bonds. The van der Waals surface area contributed by atoms with Crippen molar-refractivity contribution in [3.63, 3.8) is 0 Å². The van der Waals surface area contributed by atoms with Gasteiger partial charge in [0.1, 0.15) is 17.2 Å². The number of carbonyl (C=O) groups excluding carboxylic acids is 1. The molecular formula is C13H12BrFO3. The zero-order valence-corrected chi connectivity index (χ0v) is 11.4. The van der Waals surface area contributed by atoms with Gasteiger partial charge in [-0.3, -0.25) is 4.79 Å². The summed E-state index contributed by atoms with van der Waals surface area (Å²) in [5, 5.41) is 0. The molecule has 0 bridgehead atoms. The minimum absolute atomic E-state index is 0.0286. The topological polar surface area (TPSA) is 35.5 Å². The maximum absolute atomic E-state index is 13.5. The van der Waals surface area contributed by atoms with Crippen LogP contribution in [0.4, 0.5) is 4.39 Å². The molecule has 1 saturated heterocycles. The summed E-state index contributed by atoms with van der Waals surface area (Å²) in [6.07, 6.45) is 0.639. The van der Waals surface area contributed by atoms with Gasteiger partial charge in [0.15, 0.2) is 5.78 Å². The number of benzene rings is 1. The third kappa shape index (κ3) is 1.68. The Balaban J connectivity index is 2.12. The number of hydrogen-bond donors (Lipinski definition) is 0. The first-order valence-electron chi connectivity index (χ1n) is 5.81. The third-order valence-electron chi connectivity index (χ3n) is 3.71. The van der Waals surface area contributed by atoms with Crippen LogP contribution in [0.15, 0.2) is 16.6 Å². The highest BCUT2D eigenvalue weighted by Gasteiger charge is 2.48. The molecule has 18 heavy (non-hydrogen) atoms. The van der Waals surface area contributed by atoms with E-state index < -0.39 is 11.4 Å². The molecule has 2 aliphatic rings. The van der Waals surface area contributed by atoms with Crippen molar-refractivity contribution >= 4 is 21.7 Å². The van der Waals surface area contributed by atoms with Crippen LogP contribution in [0.3, 0.4) is 0 Å². The van der Waals surface area contributed by atoms with Crippen LogP contribution in [0, 0.1) is 11.7 Å². The molecule has 3 nitrogen and oxygen atoms in total. The van der Waals surface area contributed by atoms with E-state index in [2.05, 4.69) is 15.9 Å². The Bertz CT molecular complexity index is 531. The van der Waals surface area contributed by atoms with E-state index in [0.29, 0.717) is 30.9 Å². The number of ketones is 1. The number of Topliss-reactive ketones (excluding diaryl/α,β-unsaturated/α-hetero) is 1. The van der Waals surface area contributed by atoms with E-state index in [1.54, 1.807) is 0 Å². The highest BCUT2D eigenvalue weighted by molar-refractivity contribution is 9.10. The molecule has 2 aliphatic heterocycles. The van der Waals surface area contributed by atoms with Crippen molar-refractivity contribution in [3.05, 3.63) is 28.0 Å². The highest BCUT2D eigenvalue weighted by atomic mass is 79.9. The standard InChI is InChI=1S/C13H12BrFO3/c1-13-2-3-17-6-8(13)12(16)7-4-9(14)10(15)5-11(7)18-13/h4-5,8H,2-3,6H2,1H3/t8?,13-/m0/s1. The zero-order chi connectivity index (χ0) is 12.9. The van der Waals surface area contributed by atoms with Crippen LogP contribution in [-0.2, 0) is 4.74 Å². The number of halogens is 2. The fraction of sp³-hybridized carbons (Fsp3) is 0.462. The number of hydrogen-bond acceptors (Lipinski definition) is 3. The molecule has 5 heteroatoms. The minimum atomic E-state index is -0.581. The SMILES string of the molecule is C[C@]12CCOCC1C(=O)c1cc(Br)c(F)cc1O2. The second-order valence-electron chi connectivity index (χ2n) is 4.92. The van der Waals surface area contributed by atoms with Crippen molar-refractivity contribution in [1.29, 1.82) is 0 Å². The van der Waals surface area contributed by atoms with Gasteiger partial charge in [0.05, 0.1) is 29.2 Å². The van der Waals surface area contributed by atoms with Crippen LogP contribution >= 0.6 is 15.9 Å². The van der Waals surface area contributed by atoms with Crippen molar-refractivity contribution in [2.75, 3.05) is 13.2 Å². The van der Waals surface area contributed by atoms with Crippen LogP contribution in [0.2, 0.25) is 0 Å². The summed E-state index contributed by atoms with van der Waals surface area (Å²) in [7, 11) is 0. The zero-order valence-electron chi connectivity index (χ0n) is 9.83. The smallest absolute Gasteiger partial charge is 0.176 e. The van der Waals surface area contributed by atoms with E-state index in [0.717, 1.165) is 0 Å². The Morgan fingerprint density at radius 2 is 2.28 bits per heavy atom. The molecule has 0 saturated carbocycles. The quantitative estimate of drug-likeness (QED) is 0.738. The Labute approximate surface area is 112 Å². The van der Waals surface area contributed by atoms with Gasteiger partial charge < -0.3 is 9.47 Å². The predicted octanol–water partition coefficient (Wildman–Crippen LogP) is 2.96. The summed E-state index contributed by atoms with van der Waals surface area (Å²) in [5.41, 5.74) is -0.154. The van der Waals surface area contributed by atoms with Crippen molar-refractivity contribution in [3.8, 4) is 5.75 Å². The fourth-order valence-electron chi connectivity index (χ4n) is 2.55.